The molecule has 24 heavy (non-hydrogen) atoms. The molecule has 2 aromatic rings. The van der Waals surface area contributed by atoms with Gasteiger partial charge in [-0.1, -0.05) is 18.2 Å². The number of nitrogens with two attached hydrogens (primary N) is 1. The maximum Gasteiger partial charge on any atom is 0.193 e. The standard InChI is InChI=1S/C18H21N3O2.HI/c1-12-7-13(2)9-14(8-12)21-18(19)20-10-15-11-22-16-5-3-4-6-17(16)23-15;/h3-9,15H,10-11H2,1-2H3,(H3,19,20,21);1H. The fraction of sp³-hybridized carbons (Fsp3) is 0.278. The molecule has 5 nitrogen and oxygen atoms in total. The van der Waals surface area contributed by atoms with Crippen molar-refractivity contribution in [1.82, 2.24) is 0 Å². The van der Waals surface area contributed by atoms with Crippen molar-refractivity contribution in [2.45, 2.75) is 20.0 Å². The topological polar surface area (TPSA) is 68.9 Å². The number of hydrogen-bond acceptors (Lipinski definition) is 3. The van der Waals surface area contributed by atoms with Crippen molar-refractivity contribution < 1.29 is 9.47 Å². The van der Waals surface area contributed by atoms with Crippen molar-refractivity contribution in [3.05, 3.63) is 53.6 Å². The Hall–Kier alpha value is -1.96. The van der Waals surface area contributed by atoms with E-state index in [0.29, 0.717) is 19.1 Å². The summed E-state index contributed by atoms with van der Waals surface area (Å²) in [5, 5.41) is 3.11. The lowest BCUT2D eigenvalue weighted by molar-refractivity contribution is 0.0972. The molecule has 0 aliphatic carbocycles. The SMILES string of the molecule is Cc1cc(C)cc(NC(N)=NCC2COc3ccccc3O2)c1.I. The van der Waals surface area contributed by atoms with Crippen molar-refractivity contribution in [1.29, 1.82) is 0 Å². The number of ether oxygens (including phenoxy) is 2. The van der Waals surface area contributed by atoms with Crippen LogP contribution in [0.2, 0.25) is 0 Å². The highest BCUT2D eigenvalue weighted by Crippen LogP contribution is 2.30. The Bertz CT molecular complexity index is 714. The van der Waals surface area contributed by atoms with Gasteiger partial charge in [-0.25, -0.2) is 4.99 Å². The normalized spacial score (nSPS) is 16.2. The molecule has 0 saturated heterocycles. The van der Waals surface area contributed by atoms with Gasteiger partial charge in [0.25, 0.3) is 0 Å². The molecule has 0 spiro atoms. The average Bonchev–Trinajstić information content (AvgIpc) is 2.52. The van der Waals surface area contributed by atoms with Crippen molar-refractivity contribution in [3.63, 3.8) is 0 Å². The van der Waals surface area contributed by atoms with Crippen LogP contribution < -0.4 is 20.5 Å². The lowest BCUT2D eigenvalue weighted by atomic mass is 10.1. The van der Waals surface area contributed by atoms with Crippen LogP contribution in [0, 0.1) is 13.8 Å². The fourth-order valence-electron chi connectivity index (χ4n) is 2.59. The van der Waals surface area contributed by atoms with E-state index in [0.717, 1.165) is 17.2 Å². The highest BCUT2D eigenvalue weighted by atomic mass is 127. The Kier molecular flexibility index (Phi) is 6.30. The maximum atomic E-state index is 5.96. The number of aryl methyl sites for hydroxylation is 2. The number of nitrogens with one attached hydrogen (secondary N) is 1. The third-order valence-corrected chi connectivity index (χ3v) is 3.53. The zero-order valence-corrected chi connectivity index (χ0v) is 16.1. The van der Waals surface area contributed by atoms with Gasteiger partial charge in [0.2, 0.25) is 0 Å². The van der Waals surface area contributed by atoms with E-state index in [9.17, 15) is 0 Å². The average molecular weight is 439 g/mol. The summed E-state index contributed by atoms with van der Waals surface area (Å²) in [6.45, 7) is 5.02. The highest BCUT2D eigenvalue weighted by Gasteiger charge is 2.20. The highest BCUT2D eigenvalue weighted by molar-refractivity contribution is 14.0. The first kappa shape index (κ1) is 18.4. The molecule has 0 radical (unpaired) electrons. The predicted molar refractivity (Wildman–Crippen MR) is 108 cm³/mol. The molecule has 1 aliphatic rings. The molecule has 6 heteroatoms. The number of benzene rings is 2. The Morgan fingerprint density at radius 1 is 1.17 bits per heavy atom. The Morgan fingerprint density at radius 3 is 2.54 bits per heavy atom. The first-order chi connectivity index (χ1) is 11.1. The number of para-hydroxylation sites is 2. The zero-order chi connectivity index (χ0) is 16.2. The van der Waals surface area contributed by atoms with Crippen molar-refractivity contribution >= 4 is 35.6 Å². The lowest BCUT2D eigenvalue weighted by Crippen LogP contribution is -2.33. The molecule has 0 fully saturated rings. The number of hydrogen-bond donors (Lipinski definition) is 2. The Morgan fingerprint density at radius 2 is 1.83 bits per heavy atom. The summed E-state index contributed by atoms with van der Waals surface area (Å²) < 4.78 is 11.5. The zero-order valence-electron chi connectivity index (χ0n) is 13.8. The third-order valence-electron chi connectivity index (χ3n) is 3.53. The molecule has 128 valence electrons. The molecule has 1 unspecified atom stereocenters. The van der Waals surface area contributed by atoms with Crippen LogP contribution in [0.5, 0.6) is 11.5 Å². The molecule has 2 aromatic carbocycles. The van der Waals surface area contributed by atoms with Gasteiger partial charge in [-0.3, -0.25) is 0 Å². The molecule has 0 saturated carbocycles. The van der Waals surface area contributed by atoms with E-state index < -0.39 is 0 Å². The van der Waals surface area contributed by atoms with Crippen molar-refractivity contribution in [3.8, 4) is 11.5 Å². The van der Waals surface area contributed by atoms with E-state index in [2.05, 4.69) is 30.2 Å². The Balaban J connectivity index is 0.00000208. The van der Waals surface area contributed by atoms with E-state index in [-0.39, 0.29) is 30.1 Å². The van der Waals surface area contributed by atoms with Gasteiger partial charge in [0.05, 0.1) is 6.54 Å². The van der Waals surface area contributed by atoms with Crippen LogP contribution in [0.3, 0.4) is 0 Å². The number of fused-ring (bicyclic) bond motifs is 1. The minimum Gasteiger partial charge on any atom is -0.486 e. The molecular weight excluding hydrogens is 417 g/mol. The van der Waals surface area contributed by atoms with Crippen LogP contribution in [0.1, 0.15) is 11.1 Å². The van der Waals surface area contributed by atoms with E-state index in [4.69, 9.17) is 15.2 Å². The second kappa shape index (κ2) is 8.23. The first-order valence-electron chi connectivity index (χ1n) is 7.64. The number of rotatable bonds is 3. The van der Waals surface area contributed by atoms with Gasteiger partial charge in [0.15, 0.2) is 23.6 Å². The third kappa shape index (κ3) is 4.77. The summed E-state index contributed by atoms with van der Waals surface area (Å²) in [5.41, 5.74) is 9.26. The van der Waals surface area contributed by atoms with Crippen LogP contribution in [0.4, 0.5) is 5.69 Å². The summed E-state index contributed by atoms with van der Waals surface area (Å²) >= 11 is 0. The summed E-state index contributed by atoms with van der Waals surface area (Å²) in [6.07, 6.45) is -0.135. The second-order valence-electron chi connectivity index (χ2n) is 5.72. The quantitative estimate of drug-likeness (QED) is 0.437. The Labute approximate surface area is 159 Å². The van der Waals surface area contributed by atoms with Crippen LogP contribution >= 0.6 is 24.0 Å². The number of halogens is 1. The largest absolute Gasteiger partial charge is 0.486 e. The summed E-state index contributed by atoms with van der Waals surface area (Å²) in [7, 11) is 0. The molecule has 0 amide bonds. The fourth-order valence-corrected chi connectivity index (χ4v) is 2.59. The van der Waals surface area contributed by atoms with Crippen LogP contribution in [0.25, 0.3) is 0 Å². The van der Waals surface area contributed by atoms with Gasteiger partial charge in [-0.15, -0.1) is 24.0 Å². The number of nitrogens with zero attached hydrogens (tertiary/aromatic N) is 1. The van der Waals surface area contributed by atoms with Gasteiger partial charge >= 0.3 is 0 Å². The molecular formula is C18H22IN3O2. The van der Waals surface area contributed by atoms with E-state index >= 15 is 0 Å². The van der Waals surface area contributed by atoms with Gasteiger partial charge in [-0.2, -0.15) is 0 Å². The van der Waals surface area contributed by atoms with Crippen molar-refractivity contribution in [2.24, 2.45) is 10.7 Å². The van der Waals surface area contributed by atoms with Gasteiger partial charge in [-0.05, 0) is 49.2 Å². The van der Waals surface area contributed by atoms with Crippen LogP contribution in [-0.2, 0) is 0 Å². The van der Waals surface area contributed by atoms with Crippen LogP contribution in [0.15, 0.2) is 47.5 Å². The minimum absolute atomic E-state index is 0. The number of aliphatic imine (C=N–C) groups is 1. The molecule has 0 bridgehead atoms. The smallest absolute Gasteiger partial charge is 0.193 e. The number of guanidine groups is 1. The number of anilines is 1. The first-order valence-corrected chi connectivity index (χ1v) is 7.64. The van der Waals surface area contributed by atoms with E-state index in [1.807, 2.05) is 36.4 Å². The maximum absolute atomic E-state index is 5.96. The predicted octanol–water partition coefficient (Wildman–Crippen LogP) is 3.49. The van der Waals surface area contributed by atoms with Gasteiger partial charge < -0.3 is 20.5 Å². The molecule has 1 atom stereocenters. The van der Waals surface area contributed by atoms with Gasteiger partial charge in [0, 0.05) is 5.69 Å². The minimum atomic E-state index is -0.135. The summed E-state index contributed by atoms with van der Waals surface area (Å²) in [6, 6.07) is 13.8. The molecule has 3 rings (SSSR count). The van der Waals surface area contributed by atoms with Gasteiger partial charge in [0.1, 0.15) is 6.61 Å². The van der Waals surface area contributed by atoms with Crippen molar-refractivity contribution in [2.75, 3.05) is 18.5 Å². The monoisotopic (exact) mass is 439 g/mol. The summed E-state index contributed by atoms with van der Waals surface area (Å²) in [4.78, 5) is 4.35. The molecule has 0 aromatic heterocycles. The molecule has 1 aliphatic heterocycles. The molecule has 3 N–H and O–H groups in total. The van der Waals surface area contributed by atoms with Crippen LogP contribution in [-0.4, -0.2) is 25.2 Å². The van der Waals surface area contributed by atoms with E-state index in [1.165, 1.54) is 11.1 Å². The summed E-state index contributed by atoms with van der Waals surface area (Å²) in [5.74, 6) is 1.89. The lowest BCUT2D eigenvalue weighted by Gasteiger charge is -2.25. The second-order valence-corrected chi connectivity index (χ2v) is 5.72. The molecule has 1 heterocycles. The van der Waals surface area contributed by atoms with E-state index in [1.54, 1.807) is 0 Å².